The van der Waals surface area contributed by atoms with Crippen molar-refractivity contribution in [3.8, 4) is 11.5 Å². The van der Waals surface area contributed by atoms with Crippen LogP contribution in [-0.2, 0) is 27.4 Å². The van der Waals surface area contributed by atoms with Crippen LogP contribution in [0.3, 0.4) is 0 Å². The molecule has 0 radical (unpaired) electrons. The molecule has 5 rings (SSSR count). The first kappa shape index (κ1) is 30.8. The Morgan fingerprint density at radius 3 is 2.00 bits per heavy atom. The summed E-state index contributed by atoms with van der Waals surface area (Å²) >= 11 is -0.00927. The minimum absolute atomic E-state index is 0.00927. The third kappa shape index (κ3) is 8.46. The first-order chi connectivity index (χ1) is 21.0. The van der Waals surface area contributed by atoms with Gasteiger partial charge in [0.1, 0.15) is 0 Å². The van der Waals surface area contributed by atoms with Gasteiger partial charge < -0.3 is 0 Å². The molecule has 1 saturated heterocycles. The molecule has 9 nitrogen and oxygen atoms in total. The van der Waals surface area contributed by atoms with Gasteiger partial charge in [0, 0.05) is 0 Å². The second-order valence-electron chi connectivity index (χ2n) is 10.3. The predicted molar refractivity (Wildman–Crippen MR) is 164 cm³/mol. The van der Waals surface area contributed by atoms with Crippen molar-refractivity contribution in [1.29, 1.82) is 0 Å². The van der Waals surface area contributed by atoms with Gasteiger partial charge in [-0.15, -0.1) is 0 Å². The number of aromatic amines is 1. The molecule has 10 heteroatoms. The van der Waals surface area contributed by atoms with E-state index in [4.69, 9.17) is 23.7 Å². The van der Waals surface area contributed by atoms with Crippen molar-refractivity contribution in [1.82, 2.24) is 9.55 Å². The monoisotopic (exact) mass is 652 g/mol. The van der Waals surface area contributed by atoms with Gasteiger partial charge in [0.15, 0.2) is 0 Å². The predicted octanol–water partition coefficient (Wildman–Crippen LogP) is 3.71. The summed E-state index contributed by atoms with van der Waals surface area (Å²) in [6.07, 6.45) is 1.40. The molecule has 0 bridgehead atoms. The van der Waals surface area contributed by atoms with Gasteiger partial charge in [0.25, 0.3) is 0 Å². The SMILES string of the molecule is COc1ccc(COC[C@H]2CC([Se]c3ccccc3)C(n3ccc(=O)[nH]c3=O)O[C@@H]2COCc2ccc(OC)cc2)cc1. The van der Waals surface area contributed by atoms with Crippen molar-refractivity contribution in [3.05, 3.63) is 123 Å². The van der Waals surface area contributed by atoms with Gasteiger partial charge in [-0.05, 0) is 0 Å². The molecule has 4 aromatic rings. The quantitative estimate of drug-likeness (QED) is 0.220. The first-order valence-electron chi connectivity index (χ1n) is 14.1. The van der Waals surface area contributed by atoms with Gasteiger partial charge in [-0.25, -0.2) is 0 Å². The van der Waals surface area contributed by atoms with E-state index in [1.165, 1.54) is 21.3 Å². The van der Waals surface area contributed by atoms with Crippen LogP contribution in [0.4, 0.5) is 0 Å². The minimum atomic E-state index is -0.558. The van der Waals surface area contributed by atoms with Crippen LogP contribution in [0.2, 0.25) is 4.82 Å². The zero-order valence-electron chi connectivity index (χ0n) is 24.2. The summed E-state index contributed by atoms with van der Waals surface area (Å²) in [4.78, 5) is 27.2. The van der Waals surface area contributed by atoms with E-state index in [0.717, 1.165) is 29.0 Å². The van der Waals surface area contributed by atoms with Crippen LogP contribution in [-0.4, -0.2) is 58.0 Å². The van der Waals surface area contributed by atoms with Gasteiger partial charge >= 0.3 is 250 Å². The molecule has 4 atom stereocenters. The fourth-order valence-corrected chi connectivity index (χ4v) is 7.78. The summed E-state index contributed by atoms with van der Waals surface area (Å²) in [7, 11) is 3.28. The van der Waals surface area contributed by atoms with Crippen LogP contribution in [0, 0.1) is 5.92 Å². The summed E-state index contributed by atoms with van der Waals surface area (Å²) in [6, 6.07) is 27.2. The molecule has 0 amide bonds. The average molecular weight is 652 g/mol. The van der Waals surface area contributed by atoms with Crippen LogP contribution in [0.15, 0.2) is 101 Å². The molecule has 0 aliphatic carbocycles. The van der Waals surface area contributed by atoms with E-state index in [0.29, 0.717) is 26.4 Å². The van der Waals surface area contributed by atoms with Crippen LogP contribution >= 0.6 is 0 Å². The van der Waals surface area contributed by atoms with Crippen molar-refractivity contribution >= 4 is 19.4 Å². The first-order valence-corrected chi connectivity index (χ1v) is 16.0. The number of H-pyrrole nitrogens is 1. The molecule has 2 unspecified atom stereocenters. The van der Waals surface area contributed by atoms with Gasteiger partial charge in [-0.1, -0.05) is 0 Å². The molecule has 1 aromatic heterocycles. The Kier molecular flexibility index (Phi) is 10.9. The van der Waals surface area contributed by atoms with E-state index in [1.54, 1.807) is 14.2 Å². The Hall–Kier alpha value is -3.66. The number of hydrogen-bond acceptors (Lipinski definition) is 7. The number of methoxy groups -OCH3 is 2. The topological polar surface area (TPSA) is 101 Å². The third-order valence-electron chi connectivity index (χ3n) is 7.32. The zero-order chi connectivity index (χ0) is 30.0. The molecule has 3 aromatic carbocycles. The Morgan fingerprint density at radius 2 is 1.42 bits per heavy atom. The van der Waals surface area contributed by atoms with Crippen molar-refractivity contribution in [3.63, 3.8) is 0 Å². The van der Waals surface area contributed by atoms with Crippen LogP contribution < -0.4 is 25.2 Å². The van der Waals surface area contributed by atoms with Gasteiger partial charge in [0.2, 0.25) is 0 Å². The average Bonchev–Trinajstić information content (AvgIpc) is 3.03. The third-order valence-corrected chi connectivity index (χ3v) is 9.99. The van der Waals surface area contributed by atoms with Crippen LogP contribution in [0.1, 0.15) is 23.8 Å². The Balaban J connectivity index is 1.35. The molecular weight excluding hydrogens is 615 g/mol. The Morgan fingerprint density at radius 1 is 0.814 bits per heavy atom. The number of nitrogens with zero attached hydrogens (tertiary/aromatic N) is 1. The molecule has 2 heterocycles. The van der Waals surface area contributed by atoms with E-state index in [9.17, 15) is 9.59 Å². The molecule has 0 spiro atoms. The van der Waals surface area contributed by atoms with Crippen molar-refractivity contribution < 1.29 is 23.7 Å². The molecule has 1 aliphatic heterocycles. The standard InChI is InChI=1S/C33H36N2O7Se/c1-38-26-12-8-23(9-13-26)19-40-21-25-18-30(43-28-6-4-3-5-7-28)32(35-17-16-31(36)34-33(35)37)42-29(25)22-41-20-24-10-14-27(39-2)15-11-24/h3-17,25,29-30,32H,18-22H2,1-2H3,(H,34,36,37)/t25-,29-,30?,32?/m1/s1. The maximum atomic E-state index is 12.9. The van der Waals surface area contributed by atoms with Crippen molar-refractivity contribution in [2.75, 3.05) is 27.4 Å². The number of rotatable bonds is 13. The van der Waals surface area contributed by atoms with E-state index < -0.39 is 17.5 Å². The molecule has 43 heavy (non-hydrogen) atoms. The second-order valence-corrected chi connectivity index (χ2v) is 13.0. The fraction of sp³-hybridized carbons (Fsp3) is 0.333. The van der Waals surface area contributed by atoms with E-state index in [2.05, 4.69) is 17.1 Å². The number of aromatic nitrogens is 2. The molecule has 1 aliphatic rings. The normalized spacial score (nSPS) is 20.0. The van der Waals surface area contributed by atoms with E-state index in [-0.39, 0.29) is 31.8 Å². The Bertz CT molecular complexity index is 1540. The summed E-state index contributed by atoms with van der Waals surface area (Å²) in [5.74, 6) is 1.61. The van der Waals surface area contributed by atoms with Gasteiger partial charge in [-0.3, -0.25) is 0 Å². The van der Waals surface area contributed by atoms with Gasteiger partial charge in [-0.2, -0.15) is 0 Å². The van der Waals surface area contributed by atoms with E-state index >= 15 is 0 Å². The summed E-state index contributed by atoms with van der Waals surface area (Å²) in [5, 5.41) is 0. The van der Waals surface area contributed by atoms with Gasteiger partial charge in [0.05, 0.1) is 7.11 Å². The zero-order valence-corrected chi connectivity index (χ0v) is 25.9. The molecule has 0 saturated carbocycles. The van der Waals surface area contributed by atoms with E-state index in [1.807, 2.05) is 66.7 Å². The van der Waals surface area contributed by atoms with Crippen molar-refractivity contribution in [2.24, 2.45) is 5.92 Å². The molecule has 1 fully saturated rings. The Labute approximate surface area is 256 Å². The second kappa shape index (κ2) is 15.2. The van der Waals surface area contributed by atoms with Crippen LogP contribution in [0.25, 0.3) is 0 Å². The number of benzene rings is 3. The number of hydrogen-bond donors (Lipinski definition) is 1. The summed E-state index contributed by atoms with van der Waals surface area (Å²) in [6.45, 7) is 1.65. The molecular formula is C33H36N2O7Se. The summed E-state index contributed by atoms with van der Waals surface area (Å²) in [5.41, 5.74) is 1.14. The maximum absolute atomic E-state index is 12.9. The number of ether oxygens (including phenoxy) is 5. The fourth-order valence-electron chi connectivity index (χ4n) is 5.01. The number of nitrogens with one attached hydrogen (secondary N) is 1. The summed E-state index contributed by atoms with van der Waals surface area (Å²) < 4.78 is 32.3. The van der Waals surface area contributed by atoms with Crippen molar-refractivity contribution in [2.45, 2.75) is 36.8 Å². The molecule has 226 valence electrons. The van der Waals surface area contributed by atoms with Crippen LogP contribution in [0.5, 0.6) is 11.5 Å². The molecule has 1 N–H and O–H groups in total.